The standard InChI is InChI=1S/C17H17N5O8S/c23-17(18-24)12-4-5-15(16(10-12)22(27)28)19-6-8-20(9-7-19)31(29,30)14-3-1-2-13(11-14)21(25)26/h1-5,10-11,24H,6-9H2,(H,18,23). The van der Waals surface area contributed by atoms with E-state index in [1.165, 1.54) is 35.8 Å². The summed E-state index contributed by atoms with van der Waals surface area (Å²) in [7, 11) is -3.98. The molecule has 0 aliphatic carbocycles. The first-order chi connectivity index (χ1) is 14.6. The number of carbonyl (C=O) groups is 1. The number of nitrogens with one attached hydrogen (secondary N) is 1. The average molecular weight is 451 g/mol. The molecule has 0 aromatic heterocycles. The number of amides is 1. The van der Waals surface area contributed by atoms with E-state index in [1.807, 2.05) is 0 Å². The smallest absolute Gasteiger partial charge is 0.293 e. The predicted molar refractivity (Wildman–Crippen MR) is 106 cm³/mol. The molecule has 0 radical (unpaired) electrons. The summed E-state index contributed by atoms with van der Waals surface area (Å²) in [6.45, 7) is 0.253. The van der Waals surface area contributed by atoms with Crippen LogP contribution in [0.15, 0.2) is 47.4 Å². The highest BCUT2D eigenvalue weighted by Crippen LogP contribution is 2.31. The molecule has 13 nitrogen and oxygen atoms in total. The summed E-state index contributed by atoms with van der Waals surface area (Å²) in [6.07, 6.45) is 0. The summed E-state index contributed by atoms with van der Waals surface area (Å²) in [5.74, 6) is -0.900. The van der Waals surface area contributed by atoms with E-state index in [0.29, 0.717) is 0 Å². The van der Waals surface area contributed by atoms with Crippen LogP contribution in [0.1, 0.15) is 10.4 Å². The number of nitro groups is 2. The summed E-state index contributed by atoms with van der Waals surface area (Å²) >= 11 is 0. The number of benzene rings is 2. The Balaban J connectivity index is 1.81. The first kappa shape index (κ1) is 22.1. The van der Waals surface area contributed by atoms with Crippen molar-refractivity contribution < 1.29 is 28.3 Å². The molecule has 0 bridgehead atoms. The molecule has 0 atom stereocenters. The van der Waals surface area contributed by atoms with Crippen LogP contribution in [0.3, 0.4) is 0 Å². The molecule has 1 heterocycles. The van der Waals surface area contributed by atoms with E-state index in [9.17, 15) is 33.4 Å². The lowest BCUT2D eigenvalue weighted by Crippen LogP contribution is -2.48. The average Bonchev–Trinajstić information content (AvgIpc) is 2.78. The number of non-ortho nitro benzene ring substituents is 1. The van der Waals surface area contributed by atoms with Crippen molar-refractivity contribution in [3.05, 3.63) is 68.3 Å². The molecular formula is C17H17N5O8S. The summed E-state index contributed by atoms with van der Waals surface area (Å²) in [5.41, 5.74) is 0.789. The molecule has 2 aromatic carbocycles. The number of piperazine rings is 1. The fraction of sp³-hybridized carbons (Fsp3) is 0.235. The third-order valence-corrected chi connectivity index (χ3v) is 6.68. The Hall–Kier alpha value is -3.62. The molecule has 1 amide bonds. The monoisotopic (exact) mass is 451 g/mol. The van der Waals surface area contributed by atoms with E-state index < -0.39 is 25.8 Å². The van der Waals surface area contributed by atoms with E-state index in [1.54, 1.807) is 4.90 Å². The van der Waals surface area contributed by atoms with Crippen LogP contribution in [0.5, 0.6) is 0 Å². The largest absolute Gasteiger partial charge is 0.363 e. The van der Waals surface area contributed by atoms with Gasteiger partial charge in [-0.05, 0) is 18.2 Å². The minimum Gasteiger partial charge on any atom is -0.363 e. The fourth-order valence-electron chi connectivity index (χ4n) is 3.22. The number of anilines is 1. The van der Waals surface area contributed by atoms with Crippen molar-refractivity contribution in [2.24, 2.45) is 0 Å². The van der Waals surface area contributed by atoms with Gasteiger partial charge in [0.15, 0.2) is 0 Å². The topological polar surface area (TPSA) is 176 Å². The highest BCUT2D eigenvalue weighted by Gasteiger charge is 2.31. The predicted octanol–water partition coefficient (Wildman–Crippen LogP) is 1.13. The lowest BCUT2D eigenvalue weighted by molar-refractivity contribution is -0.385. The molecule has 164 valence electrons. The van der Waals surface area contributed by atoms with Crippen molar-refractivity contribution in [2.45, 2.75) is 4.90 Å². The number of carbonyl (C=O) groups excluding carboxylic acids is 1. The summed E-state index contributed by atoms with van der Waals surface area (Å²) in [4.78, 5) is 33.9. The minimum absolute atomic E-state index is 0.00105. The molecule has 1 aliphatic heterocycles. The third kappa shape index (κ3) is 4.45. The number of nitrogens with zero attached hydrogens (tertiary/aromatic N) is 4. The zero-order chi connectivity index (χ0) is 22.8. The van der Waals surface area contributed by atoms with Crippen molar-refractivity contribution in [1.82, 2.24) is 9.79 Å². The van der Waals surface area contributed by atoms with Crippen LogP contribution in [-0.4, -0.2) is 59.9 Å². The highest BCUT2D eigenvalue weighted by atomic mass is 32.2. The Labute approximate surface area is 175 Å². The Morgan fingerprint density at radius 1 is 1.00 bits per heavy atom. The molecule has 2 N–H and O–H groups in total. The summed E-state index contributed by atoms with van der Waals surface area (Å²) in [6, 6.07) is 8.41. The molecular weight excluding hydrogens is 434 g/mol. The lowest BCUT2D eigenvalue weighted by atomic mass is 10.1. The second-order valence-electron chi connectivity index (χ2n) is 6.55. The van der Waals surface area contributed by atoms with Crippen molar-refractivity contribution >= 4 is 33.0 Å². The molecule has 2 aromatic rings. The van der Waals surface area contributed by atoms with Crippen molar-refractivity contribution in [2.75, 3.05) is 31.1 Å². The van der Waals surface area contributed by atoms with Gasteiger partial charge in [0.25, 0.3) is 17.3 Å². The van der Waals surface area contributed by atoms with Crippen molar-refractivity contribution in [3.63, 3.8) is 0 Å². The Kier molecular flexibility index (Phi) is 6.14. The van der Waals surface area contributed by atoms with Crippen LogP contribution in [-0.2, 0) is 10.0 Å². The van der Waals surface area contributed by atoms with Gasteiger partial charge in [0, 0.05) is 49.9 Å². The highest BCUT2D eigenvalue weighted by molar-refractivity contribution is 7.89. The maximum absolute atomic E-state index is 12.8. The van der Waals surface area contributed by atoms with Gasteiger partial charge in [0.05, 0.1) is 14.7 Å². The number of nitro benzene ring substituents is 2. The lowest BCUT2D eigenvalue weighted by Gasteiger charge is -2.35. The quantitative estimate of drug-likeness (QED) is 0.370. The first-order valence-corrected chi connectivity index (χ1v) is 10.3. The van der Waals surface area contributed by atoms with Gasteiger partial charge in [-0.3, -0.25) is 30.2 Å². The number of sulfonamides is 1. The Morgan fingerprint density at radius 2 is 1.68 bits per heavy atom. The van der Waals surface area contributed by atoms with Gasteiger partial charge in [-0.1, -0.05) is 6.07 Å². The zero-order valence-electron chi connectivity index (χ0n) is 15.9. The van der Waals surface area contributed by atoms with Crippen molar-refractivity contribution in [3.8, 4) is 0 Å². The van der Waals surface area contributed by atoms with E-state index in [0.717, 1.165) is 16.4 Å². The number of hydrogen-bond donors (Lipinski definition) is 2. The van der Waals surface area contributed by atoms with Crippen LogP contribution in [0.4, 0.5) is 17.1 Å². The van der Waals surface area contributed by atoms with Gasteiger partial charge in [0.1, 0.15) is 5.69 Å². The molecule has 1 saturated heterocycles. The van der Waals surface area contributed by atoms with Crippen LogP contribution in [0.25, 0.3) is 0 Å². The first-order valence-electron chi connectivity index (χ1n) is 8.87. The summed E-state index contributed by atoms with van der Waals surface area (Å²) < 4.78 is 26.8. The number of hydroxylamine groups is 1. The molecule has 0 unspecified atom stereocenters. The second kappa shape index (κ2) is 8.63. The van der Waals surface area contributed by atoms with E-state index in [2.05, 4.69) is 0 Å². The Bertz CT molecular complexity index is 1140. The normalized spacial score (nSPS) is 14.8. The molecule has 14 heteroatoms. The van der Waals surface area contributed by atoms with E-state index in [4.69, 9.17) is 5.21 Å². The molecule has 0 spiro atoms. The number of rotatable bonds is 6. The van der Waals surface area contributed by atoms with E-state index >= 15 is 0 Å². The Morgan fingerprint density at radius 3 is 2.26 bits per heavy atom. The van der Waals surface area contributed by atoms with Gasteiger partial charge in [-0.25, -0.2) is 13.9 Å². The molecule has 0 saturated carbocycles. The zero-order valence-corrected chi connectivity index (χ0v) is 16.7. The molecule has 3 rings (SSSR count). The van der Waals surface area contributed by atoms with Crippen LogP contribution >= 0.6 is 0 Å². The molecule has 1 fully saturated rings. The third-order valence-electron chi connectivity index (χ3n) is 4.78. The maximum Gasteiger partial charge on any atom is 0.293 e. The maximum atomic E-state index is 12.8. The molecule has 31 heavy (non-hydrogen) atoms. The van der Waals surface area contributed by atoms with E-state index in [-0.39, 0.29) is 53.7 Å². The van der Waals surface area contributed by atoms with Gasteiger partial charge in [0.2, 0.25) is 10.0 Å². The van der Waals surface area contributed by atoms with Gasteiger partial charge in [-0.2, -0.15) is 4.31 Å². The second-order valence-corrected chi connectivity index (χ2v) is 8.49. The SMILES string of the molecule is O=C(NO)c1ccc(N2CCN(S(=O)(=O)c3cccc([N+](=O)[O-])c3)CC2)c([N+](=O)[O-])c1. The van der Waals surface area contributed by atoms with Gasteiger partial charge >= 0.3 is 0 Å². The van der Waals surface area contributed by atoms with Crippen LogP contribution in [0.2, 0.25) is 0 Å². The van der Waals surface area contributed by atoms with Crippen LogP contribution < -0.4 is 10.4 Å². The fourth-order valence-corrected chi connectivity index (χ4v) is 4.68. The van der Waals surface area contributed by atoms with Gasteiger partial charge < -0.3 is 4.90 Å². The van der Waals surface area contributed by atoms with Crippen molar-refractivity contribution in [1.29, 1.82) is 0 Å². The number of hydrogen-bond acceptors (Lipinski definition) is 9. The summed E-state index contributed by atoms with van der Waals surface area (Å²) in [5, 5.41) is 31.1. The van der Waals surface area contributed by atoms with Crippen LogP contribution in [0, 0.1) is 20.2 Å². The van der Waals surface area contributed by atoms with Gasteiger partial charge in [-0.15, -0.1) is 0 Å². The molecule has 1 aliphatic rings. The minimum atomic E-state index is -3.98.